The van der Waals surface area contributed by atoms with Crippen LogP contribution in [0, 0.1) is 18.2 Å². The average molecular weight is 476 g/mol. The smallest absolute Gasteiger partial charge is 0.243 e. The molecule has 1 saturated heterocycles. The van der Waals surface area contributed by atoms with Crippen LogP contribution in [0.1, 0.15) is 31.9 Å². The van der Waals surface area contributed by atoms with Crippen molar-refractivity contribution in [2.24, 2.45) is 5.41 Å². The summed E-state index contributed by atoms with van der Waals surface area (Å²) < 4.78 is 40.7. The molecule has 1 aliphatic rings. The first-order valence-corrected chi connectivity index (χ1v) is 12.7. The van der Waals surface area contributed by atoms with Gasteiger partial charge in [0.1, 0.15) is 5.82 Å². The lowest BCUT2D eigenvalue weighted by Crippen LogP contribution is -2.51. The van der Waals surface area contributed by atoms with Crippen LogP contribution in [0.4, 0.5) is 4.39 Å². The Kier molecular flexibility index (Phi) is 7.92. The number of benzene rings is 2. The molecule has 1 aliphatic heterocycles. The molecule has 2 aromatic carbocycles. The number of piperazine rings is 1. The van der Waals surface area contributed by atoms with Crippen LogP contribution in [0.3, 0.4) is 0 Å². The second-order valence-corrected chi connectivity index (χ2v) is 11.6. The molecule has 0 N–H and O–H groups in total. The second kappa shape index (κ2) is 10.3. The van der Waals surface area contributed by atoms with E-state index in [9.17, 15) is 17.6 Å². The van der Waals surface area contributed by atoms with Crippen molar-refractivity contribution >= 4 is 15.9 Å². The van der Waals surface area contributed by atoms with Crippen molar-refractivity contribution in [2.45, 2.75) is 39.1 Å². The summed E-state index contributed by atoms with van der Waals surface area (Å²) in [6.45, 7) is 11.3. The van der Waals surface area contributed by atoms with Crippen LogP contribution in [0.15, 0.2) is 53.4 Å². The van der Waals surface area contributed by atoms with Gasteiger partial charge in [0.25, 0.3) is 0 Å². The van der Waals surface area contributed by atoms with Crippen LogP contribution in [0.25, 0.3) is 0 Å². The molecule has 0 radical (unpaired) electrons. The molecule has 3 rings (SSSR count). The van der Waals surface area contributed by atoms with Crippen LogP contribution in [0.2, 0.25) is 0 Å². The largest absolute Gasteiger partial charge is 0.337 e. The van der Waals surface area contributed by atoms with Crippen molar-refractivity contribution < 1.29 is 17.6 Å². The fourth-order valence-corrected chi connectivity index (χ4v) is 5.27. The summed E-state index contributed by atoms with van der Waals surface area (Å²) in [7, 11) is -3.50. The van der Waals surface area contributed by atoms with Gasteiger partial charge in [-0.15, -0.1) is 0 Å². The van der Waals surface area contributed by atoms with E-state index in [0.717, 1.165) is 11.1 Å². The topological polar surface area (TPSA) is 60.9 Å². The van der Waals surface area contributed by atoms with E-state index in [1.165, 1.54) is 16.4 Å². The number of hydrogen-bond acceptors (Lipinski definition) is 4. The third kappa shape index (κ3) is 6.62. The van der Waals surface area contributed by atoms with Crippen molar-refractivity contribution in [3.63, 3.8) is 0 Å². The third-order valence-electron chi connectivity index (χ3n) is 5.89. The number of nitrogens with zero attached hydrogens (tertiary/aromatic N) is 3. The number of carbonyl (C=O) groups excluding carboxylic acids is 1. The molecule has 1 fully saturated rings. The molecular weight excluding hydrogens is 441 g/mol. The van der Waals surface area contributed by atoms with E-state index in [-0.39, 0.29) is 11.7 Å². The quantitative estimate of drug-likeness (QED) is 0.615. The van der Waals surface area contributed by atoms with Gasteiger partial charge in [0.2, 0.25) is 15.9 Å². The minimum Gasteiger partial charge on any atom is -0.337 e. The summed E-state index contributed by atoms with van der Waals surface area (Å²) in [4.78, 5) is 17.3. The van der Waals surface area contributed by atoms with Gasteiger partial charge in [0.15, 0.2) is 0 Å². The summed E-state index contributed by atoms with van der Waals surface area (Å²) in [6.07, 6.45) is 0. The molecule has 0 unspecified atom stereocenters. The highest BCUT2D eigenvalue weighted by atomic mass is 32.2. The maximum Gasteiger partial charge on any atom is 0.243 e. The molecule has 0 saturated carbocycles. The number of aryl methyl sites for hydroxylation is 1. The zero-order chi connectivity index (χ0) is 24.2. The van der Waals surface area contributed by atoms with E-state index in [0.29, 0.717) is 50.7 Å². The van der Waals surface area contributed by atoms with Gasteiger partial charge in [0, 0.05) is 51.2 Å². The first kappa shape index (κ1) is 25.3. The van der Waals surface area contributed by atoms with Crippen molar-refractivity contribution in [3.05, 3.63) is 65.5 Å². The Labute approximate surface area is 197 Å². The predicted octanol–water partition coefficient (Wildman–Crippen LogP) is 3.52. The average Bonchev–Trinajstić information content (AvgIpc) is 2.77. The molecule has 180 valence electrons. The maximum atomic E-state index is 13.3. The first-order chi connectivity index (χ1) is 15.5. The number of rotatable bonds is 7. The highest BCUT2D eigenvalue weighted by Gasteiger charge is 2.30. The second-order valence-electron chi connectivity index (χ2n) is 9.66. The highest BCUT2D eigenvalue weighted by molar-refractivity contribution is 7.89. The molecule has 0 aromatic heterocycles. The van der Waals surface area contributed by atoms with Crippen molar-refractivity contribution in [1.29, 1.82) is 0 Å². The van der Waals surface area contributed by atoms with Crippen molar-refractivity contribution in [2.75, 3.05) is 39.3 Å². The number of sulfonamides is 1. The molecule has 2 aromatic rings. The van der Waals surface area contributed by atoms with Gasteiger partial charge in [-0.2, -0.15) is 4.31 Å². The Morgan fingerprint density at radius 1 is 0.970 bits per heavy atom. The summed E-state index contributed by atoms with van der Waals surface area (Å²) in [5, 5.41) is 0. The van der Waals surface area contributed by atoms with Crippen LogP contribution < -0.4 is 0 Å². The van der Waals surface area contributed by atoms with E-state index in [1.807, 2.05) is 44.7 Å². The third-order valence-corrected chi connectivity index (χ3v) is 7.80. The normalized spacial score (nSPS) is 16.0. The molecule has 0 spiro atoms. The van der Waals surface area contributed by atoms with Gasteiger partial charge in [-0.25, -0.2) is 12.8 Å². The maximum absolute atomic E-state index is 13.3. The van der Waals surface area contributed by atoms with Gasteiger partial charge in [-0.1, -0.05) is 50.6 Å². The summed E-state index contributed by atoms with van der Waals surface area (Å²) in [5.41, 5.74) is 1.37. The van der Waals surface area contributed by atoms with E-state index in [1.54, 1.807) is 24.3 Å². The Morgan fingerprint density at radius 3 is 2.09 bits per heavy atom. The predicted molar refractivity (Wildman–Crippen MR) is 128 cm³/mol. The van der Waals surface area contributed by atoms with E-state index in [4.69, 9.17) is 0 Å². The molecule has 33 heavy (non-hydrogen) atoms. The highest BCUT2D eigenvalue weighted by Crippen LogP contribution is 2.21. The van der Waals surface area contributed by atoms with Crippen molar-refractivity contribution in [1.82, 2.24) is 14.1 Å². The fourth-order valence-electron chi connectivity index (χ4n) is 3.85. The summed E-state index contributed by atoms with van der Waals surface area (Å²) in [6, 6.07) is 13.1. The lowest BCUT2D eigenvalue weighted by molar-refractivity contribution is -0.140. The minimum atomic E-state index is -3.50. The first-order valence-electron chi connectivity index (χ1n) is 11.3. The zero-order valence-corrected chi connectivity index (χ0v) is 20.7. The number of carbonyl (C=O) groups is 1. The van der Waals surface area contributed by atoms with E-state index >= 15 is 0 Å². The van der Waals surface area contributed by atoms with Gasteiger partial charge in [-0.3, -0.25) is 9.69 Å². The van der Waals surface area contributed by atoms with Gasteiger partial charge in [-0.05, 0) is 36.8 Å². The zero-order valence-electron chi connectivity index (χ0n) is 19.9. The molecule has 0 bridgehead atoms. The SMILES string of the molecule is Cc1ccc(S(=O)(=O)N2CCN(CCN(Cc3ccc(F)cc3)C(=O)C(C)(C)C)CC2)cc1. The van der Waals surface area contributed by atoms with E-state index in [2.05, 4.69) is 4.90 Å². The van der Waals surface area contributed by atoms with E-state index < -0.39 is 15.4 Å². The molecule has 1 amide bonds. The Hall–Kier alpha value is -2.29. The molecule has 0 atom stereocenters. The minimum absolute atomic E-state index is 0.0346. The summed E-state index contributed by atoms with van der Waals surface area (Å²) >= 11 is 0. The van der Waals surface area contributed by atoms with Crippen LogP contribution >= 0.6 is 0 Å². The Morgan fingerprint density at radius 2 is 1.55 bits per heavy atom. The number of halogens is 1. The molecule has 6 nitrogen and oxygen atoms in total. The summed E-state index contributed by atoms with van der Waals surface area (Å²) in [5.74, 6) is -0.265. The van der Waals surface area contributed by atoms with Crippen molar-refractivity contribution in [3.8, 4) is 0 Å². The molecule has 8 heteroatoms. The monoisotopic (exact) mass is 475 g/mol. The molecule has 0 aliphatic carbocycles. The van der Waals surface area contributed by atoms with Crippen LogP contribution in [0.5, 0.6) is 0 Å². The van der Waals surface area contributed by atoms with Gasteiger partial charge >= 0.3 is 0 Å². The number of amides is 1. The standard InChI is InChI=1S/C25H34FN3O3S/c1-20-5-11-23(12-6-20)33(31,32)29-17-14-27(15-18-29)13-16-28(24(30)25(2,3)4)19-21-7-9-22(26)10-8-21/h5-12H,13-19H2,1-4H3. The molecule has 1 heterocycles. The van der Waals surface area contributed by atoms with Crippen LogP contribution in [-0.4, -0.2) is 67.7 Å². The molecular formula is C25H34FN3O3S. The lowest BCUT2D eigenvalue weighted by atomic mass is 9.94. The number of hydrogen-bond donors (Lipinski definition) is 0. The van der Waals surface area contributed by atoms with Gasteiger partial charge in [0.05, 0.1) is 4.90 Å². The van der Waals surface area contributed by atoms with Crippen LogP contribution in [-0.2, 0) is 21.4 Å². The lowest BCUT2D eigenvalue weighted by Gasteiger charge is -2.36. The Bertz CT molecular complexity index is 1040. The fraction of sp³-hybridized carbons (Fsp3) is 0.480. The Balaban J connectivity index is 1.59. The van der Waals surface area contributed by atoms with Gasteiger partial charge < -0.3 is 4.90 Å².